The number of rotatable bonds is 5. The van der Waals surface area contributed by atoms with Crippen LogP contribution >= 0.6 is 11.6 Å². The monoisotopic (exact) mass is 545 g/mol. The van der Waals surface area contributed by atoms with Crippen molar-refractivity contribution >= 4 is 22.4 Å². The van der Waals surface area contributed by atoms with E-state index in [-0.39, 0.29) is 5.28 Å². The quantitative estimate of drug-likeness (QED) is 0.216. The van der Waals surface area contributed by atoms with E-state index < -0.39 is 0 Å². The van der Waals surface area contributed by atoms with E-state index in [2.05, 4.69) is 113 Å². The van der Waals surface area contributed by atoms with Gasteiger partial charge >= 0.3 is 0 Å². The van der Waals surface area contributed by atoms with Crippen LogP contribution in [0, 0.1) is 0 Å². The Bertz CT molecular complexity index is 2000. The van der Waals surface area contributed by atoms with Crippen molar-refractivity contribution in [3.8, 4) is 56.2 Å². The van der Waals surface area contributed by atoms with Crippen LogP contribution in [0.4, 0.5) is 0 Å². The van der Waals surface area contributed by atoms with Crippen molar-refractivity contribution in [1.29, 1.82) is 0 Å². The first-order valence-electron chi connectivity index (χ1n) is 13.5. The predicted molar refractivity (Wildman–Crippen MR) is 170 cm³/mol. The summed E-state index contributed by atoms with van der Waals surface area (Å²) in [4.78, 5) is 13.7. The van der Waals surface area contributed by atoms with Crippen molar-refractivity contribution in [3.63, 3.8) is 0 Å². The Kier molecular flexibility index (Phi) is 6.56. The van der Waals surface area contributed by atoms with E-state index in [4.69, 9.17) is 16.6 Å². The molecule has 0 fully saturated rings. The Morgan fingerprint density at radius 2 is 0.707 bits per heavy atom. The number of fused-ring (bicyclic) bond motifs is 1. The lowest BCUT2D eigenvalue weighted by molar-refractivity contribution is 1.07. The molecule has 7 rings (SSSR count). The molecule has 6 aromatic carbocycles. The Hall–Kier alpha value is -5.12. The van der Waals surface area contributed by atoms with Gasteiger partial charge in [-0.15, -0.1) is 0 Å². The summed E-state index contributed by atoms with van der Waals surface area (Å²) in [5.74, 6) is 1.10. The summed E-state index contributed by atoms with van der Waals surface area (Å²) in [6.07, 6.45) is 0. The summed E-state index contributed by atoms with van der Waals surface area (Å²) < 4.78 is 0. The molecule has 4 heteroatoms. The minimum Gasteiger partial charge on any atom is -0.208 e. The third kappa shape index (κ3) is 5.23. The molecule has 0 N–H and O–H groups in total. The lowest BCUT2D eigenvalue weighted by Gasteiger charge is -2.09. The molecular formula is C37H24ClN3. The predicted octanol–water partition coefficient (Wildman–Crippen LogP) is 10.0. The summed E-state index contributed by atoms with van der Waals surface area (Å²) in [6.45, 7) is 0. The average molecular weight is 546 g/mol. The van der Waals surface area contributed by atoms with Crippen LogP contribution in [0.25, 0.3) is 66.9 Å². The van der Waals surface area contributed by atoms with E-state index in [9.17, 15) is 0 Å². The number of hydrogen-bond acceptors (Lipinski definition) is 3. The highest BCUT2D eigenvalue weighted by atomic mass is 35.5. The minimum atomic E-state index is 0.170. The largest absolute Gasteiger partial charge is 0.226 e. The topological polar surface area (TPSA) is 38.7 Å². The van der Waals surface area contributed by atoms with Crippen LogP contribution in [0.3, 0.4) is 0 Å². The molecule has 41 heavy (non-hydrogen) atoms. The fourth-order valence-electron chi connectivity index (χ4n) is 5.15. The molecule has 194 valence electrons. The molecule has 3 nitrogen and oxygen atoms in total. The first-order valence-corrected chi connectivity index (χ1v) is 13.8. The number of nitrogens with zero attached hydrogens (tertiary/aromatic N) is 3. The maximum atomic E-state index is 6.41. The second-order valence-electron chi connectivity index (χ2n) is 9.92. The van der Waals surface area contributed by atoms with Crippen LogP contribution in [0.15, 0.2) is 146 Å². The lowest BCUT2D eigenvalue weighted by Crippen LogP contribution is -1.97. The van der Waals surface area contributed by atoms with Gasteiger partial charge in [-0.05, 0) is 80.0 Å². The van der Waals surface area contributed by atoms with Crippen LogP contribution in [0.5, 0.6) is 0 Å². The molecule has 0 aliphatic heterocycles. The Balaban J connectivity index is 1.22. The molecule has 0 saturated carbocycles. The minimum absolute atomic E-state index is 0.170. The van der Waals surface area contributed by atoms with Gasteiger partial charge in [-0.1, -0.05) is 121 Å². The Morgan fingerprint density at radius 1 is 0.317 bits per heavy atom. The van der Waals surface area contributed by atoms with E-state index in [1.807, 2.05) is 42.5 Å². The van der Waals surface area contributed by atoms with Gasteiger partial charge < -0.3 is 0 Å². The number of benzene rings is 6. The highest BCUT2D eigenvalue weighted by Gasteiger charge is 2.12. The van der Waals surface area contributed by atoms with Gasteiger partial charge in [0.2, 0.25) is 5.28 Å². The number of hydrogen-bond donors (Lipinski definition) is 0. The summed E-state index contributed by atoms with van der Waals surface area (Å²) >= 11 is 6.41. The van der Waals surface area contributed by atoms with Crippen LogP contribution in [-0.2, 0) is 0 Å². The molecule has 1 heterocycles. The molecule has 0 radical (unpaired) electrons. The molecule has 0 amide bonds. The van der Waals surface area contributed by atoms with E-state index >= 15 is 0 Å². The molecule has 0 saturated heterocycles. The summed E-state index contributed by atoms with van der Waals surface area (Å²) in [7, 11) is 0. The molecule has 0 aliphatic carbocycles. The van der Waals surface area contributed by atoms with Gasteiger partial charge in [-0.2, -0.15) is 9.97 Å². The lowest BCUT2D eigenvalue weighted by atomic mass is 9.97. The number of aromatic nitrogens is 3. The van der Waals surface area contributed by atoms with Crippen molar-refractivity contribution in [1.82, 2.24) is 15.0 Å². The second kappa shape index (κ2) is 10.8. The van der Waals surface area contributed by atoms with Crippen LogP contribution in [-0.4, -0.2) is 15.0 Å². The highest BCUT2D eigenvalue weighted by Crippen LogP contribution is 2.31. The third-order valence-electron chi connectivity index (χ3n) is 7.24. The smallest absolute Gasteiger partial charge is 0.208 e. The Morgan fingerprint density at radius 3 is 1.29 bits per heavy atom. The molecule has 0 aliphatic rings. The van der Waals surface area contributed by atoms with Crippen molar-refractivity contribution in [2.45, 2.75) is 0 Å². The van der Waals surface area contributed by atoms with Gasteiger partial charge in [-0.25, -0.2) is 4.98 Å². The normalized spacial score (nSPS) is 11.0. The zero-order chi connectivity index (χ0) is 27.6. The van der Waals surface area contributed by atoms with Crippen LogP contribution < -0.4 is 0 Å². The first-order chi connectivity index (χ1) is 20.2. The van der Waals surface area contributed by atoms with Gasteiger partial charge in [0.1, 0.15) is 0 Å². The highest BCUT2D eigenvalue weighted by molar-refractivity contribution is 6.28. The van der Waals surface area contributed by atoms with Crippen molar-refractivity contribution in [2.75, 3.05) is 0 Å². The van der Waals surface area contributed by atoms with E-state index in [0.717, 1.165) is 33.0 Å². The van der Waals surface area contributed by atoms with Crippen molar-refractivity contribution in [3.05, 3.63) is 151 Å². The molecular weight excluding hydrogens is 522 g/mol. The summed E-state index contributed by atoms with van der Waals surface area (Å²) in [5, 5.41) is 2.42. The molecule has 0 spiro atoms. The maximum absolute atomic E-state index is 6.41. The standard InChI is InChI=1S/C37H24ClN3/c38-37-40-35(33-16-8-14-28(23-33)26-11-5-2-6-12-26)39-36(41-37)34-20-19-31-22-30(17-18-32(31)24-34)29-15-7-13-27(21-29)25-9-3-1-4-10-25/h1-24H. The molecule has 1 aromatic heterocycles. The first kappa shape index (κ1) is 24.9. The fourth-order valence-corrected chi connectivity index (χ4v) is 5.31. The summed E-state index contributed by atoms with van der Waals surface area (Å²) in [5.41, 5.74) is 8.78. The van der Waals surface area contributed by atoms with Gasteiger partial charge in [-0.3, -0.25) is 0 Å². The van der Waals surface area contributed by atoms with Gasteiger partial charge in [0, 0.05) is 11.1 Å². The fraction of sp³-hybridized carbons (Fsp3) is 0. The zero-order valence-corrected chi connectivity index (χ0v) is 22.8. The SMILES string of the molecule is Clc1nc(-c2cccc(-c3ccccc3)c2)nc(-c2ccc3cc(-c4cccc(-c5ccccc5)c4)ccc3c2)n1. The second-order valence-corrected chi connectivity index (χ2v) is 10.3. The van der Waals surface area contributed by atoms with E-state index in [0.29, 0.717) is 11.6 Å². The van der Waals surface area contributed by atoms with Crippen molar-refractivity contribution in [2.24, 2.45) is 0 Å². The molecule has 0 bridgehead atoms. The zero-order valence-electron chi connectivity index (χ0n) is 22.1. The van der Waals surface area contributed by atoms with Crippen molar-refractivity contribution < 1.29 is 0 Å². The van der Waals surface area contributed by atoms with E-state index in [1.165, 1.54) is 22.3 Å². The van der Waals surface area contributed by atoms with E-state index in [1.54, 1.807) is 0 Å². The number of halogens is 1. The average Bonchev–Trinajstić information content (AvgIpc) is 3.05. The van der Waals surface area contributed by atoms with Crippen LogP contribution in [0.1, 0.15) is 0 Å². The van der Waals surface area contributed by atoms with Crippen LogP contribution in [0.2, 0.25) is 5.28 Å². The molecule has 0 unspecified atom stereocenters. The molecule has 0 atom stereocenters. The van der Waals surface area contributed by atoms with Gasteiger partial charge in [0.25, 0.3) is 0 Å². The maximum Gasteiger partial charge on any atom is 0.226 e. The van der Waals surface area contributed by atoms with Gasteiger partial charge in [0.15, 0.2) is 11.6 Å². The van der Waals surface area contributed by atoms with Gasteiger partial charge in [0.05, 0.1) is 0 Å². The summed E-state index contributed by atoms with van der Waals surface area (Å²) in [6, 6.07) is 50.4. The third-order valence-corrected chi connectivity index (χ3v) is 7.41. The molecule has 7 aromatic rings. The Labute approximate surface area is 243 Å².